The van der Waals surface area contributed by atoms with Gasteiger partial charge in [-0.05, 0) is 37.1 Å². The van der Waals surface area contributed by atoms with Gasteiger partial charge in [0.05, 0.1) is 0 Å². The van der Waals surface area contributed by atoms with Gasteiger partial charge in [0.2, 0.25) is 0 Å². The van der Waals surface area contributed by atoms with Crippen LogP contribution in [0.5, 0.6) is 0 Å². The Morgan fingerprint density at radius 2 is 1.95 bits per heavy atom. The SMILES string of the molecule is CCN(Cc1ccccc1C)c1cccc(C#N)n1. The summed E-state index contributed by atoms with van der Waals surface area (Å²) >= 11 is 0. The summed E-state index contributed by atoms with van der Waals surface area (Å²) in [6.07, 6.45) is 0. The number of nitrogens with zero attached hydrogens (tertiary/aromatic N) is 3. The number of hydrogen-bond acceptors (Lipinski definition) is 3. The summed E-state index contributed by atoms with van der Waals surface area (Å²) in [5.41, 5.74) is 3.02. The van der Waals surface area contributed by atoms with E-state index in [1.165, 1.54) is 11.1 Å². The molecule has 0 aliphatic carbocycles. The summed E-state index contributed by atoms with van der Waals surface area (Å²) in [7, 11) is 0. The Hall–Kier alpha value is -2.34. The van der Waals surface area contributed by atoms with Gasteiger partial charge in [-0.15, -0.1) is 0 Å². The summed E-state index contributed by atoms with van der Waals surface area (Å²) in [5, 5.41) is 8.92. The van der Waals surface area contributed by atoms with Crippen LogP contribution in [-0.4, -0.2) is 11.5 Å². The Balaban J connectivity index is 2.25. The summed E-state index contributed by atoms with van der Waals surface area (Å²) < 4.78 is 0. The molecule has 1 aromatic heterocycles. The minimum atomic E-state index is 0.459. The van der Waals surface area contributed by atoms with Crippen LogP contribution in [0.1, 0.15) is 23.7 Å². The van der Waals surface area contributed by atoms with Gasteiger partial charge in [-0.25, -0.2) is 4.98 Å². The maximum absolute atomic E-state index is 8.92. The number of aryl methyl sites for hydroxylation is 1. The monoisotopic (exact) mass is 251 g/mol. The van der Waals surface area contributed by atoms with Gasteiger partial charge in [-0.3, -0.25) is 0 Å². The number of aromatic nitrogens is 1. The van der Waals surface area contributed by atoms with E-state index in [1.54, 1.807) is 6.07 Å². The Kier molecular flexibility index (Phi) is 4.15. The number of rotatable bonds is 4. The molecule has 3 nitrogen and oxygen atoms in total. The average Bonchev–Trinajstić information content (AvgIpc) is 2.46. The van der Waals surface area contributed by atoms with Crippen molar-refractivity contribution >= 4 is 5.82 Å². The normalized spacial score (nSPS) is 9.95. The van der Waals surface area contributed by atoms with Crippen molar-refractivity contribution in [2.45, 2.75) is 20.4 Å². The molecule has 0 atom stereocenters. The third-order valence-electron chi connectivity index (χ3n) is 3.18. The van der Waals surface area contributed by atoms with Gasteiger partial charge in [0.15, 0.2) is 0 Å². The average molecular weight is 251 g/mol. The van der Waals surface area contributed by atoms with E-state index < -0.39 is 0 Å². The zero-order valence-corrected chi connectivity index (χ0v) is 11.3. The van der Waals surface area contributed by atoms with Gasteiger partial charge >= 0.3 is 0 Å². The molecular formula is C16H17N3. The van der Waals surface area contributed by atoms with Gasteiger partial charge in [-0.1, -0.05) is 30.3 Å². The fourth-order valence-electron chi connectivity index (χ4n) is 2.01. The highest BCUT2D eigenvalue weighted by molar-refractivity contribution is 5.43. The molecule has 1 heterocycles. The number of hydrogen-bond donors (Lipinski definition) is 0. The predicted octanol–water partition coefficient (Wildman–Crippen LogP) is 3.29. The van der Waals surface area contributed by atoms with Crippen LogP contribution in [0, 0.1) is 18.3 Å². The molecule has 0 saturated carbocycles. The second-order valence-electron chi connectivity index (χ2n) is 4.43. The Morgan fingerprint density at radius 3 is 2.63 bits per heavy atom. The molecule has 0 radical (unpaired) electrons. The molecule has 0 unspecified atom stereocenters. The van der Waals surface area contributed by atoms with Crippen molar-refractivity contribution < 1.29 is 0 Å². The maximum atomic E-state index is 8.92. The largest absolute Gasteiger partial charge is 0.353 e. The van der Waals surface area contributed by atoms with E-state index in [-0.39, 0.29) is 0 Å². The van der Waals surface area contributed by atoms with Crippen LogP contribution in [0.4, 0.5) is 5.82 Å². The minimum absolute atomic E-state index is 0.459. The standard InChI is InChI=1S/C16H17N3/c1-3-19(12-14-8-5-4-7-13(14)2)16-10-6-9-15(11-17)18-16/h4-10H,3,12H2,1-2H3. The molecule has 0 N–H and O–H groups in total. The second kappa shape index (κ2) is 6.01. The van der Waals surface area contributed by atoms with Crippen molar-refractivity contribution in [1.29, 1.82) is 5.26 Å². The van der Waals surface area contributed by atoms with Crippen molar-refractivity contribution in [3.05, 3.63) is 59.3 Å². The molecule has 0 saturated heterocycles. The molecule has 0 aliphatic heterocycles. The van der Waals surface area contributed by atoms with E-state index in [0.29, 0.717) is 5.69 Å². The minimum Gasteiger partial charge on any atom is -0.353 e. The molecule has 2 rings (SSSR count). The molecule has 19 heavy (non-hydrogen) atoms. The zero-order valence-electron chi connectivity index (χ0n) is 11.3. The van der Waals surface area contributed by atoms with Crippen LogP contribution in [0.25, 0.3) is 0 Å². The third-order valence-corrected chi connectivity index (χ3v) is 3.18. The summed E-state index contributed by atoms with van der Waals surface area (Å²) in [5.74, 6) is 0.852. The fourth-order valence-corrected chi connectivity index (χ4v) is 2.01. The Labute approximate surface area is 114 Å². The first kappa shape index (κ1) is 13.1. The fraction of sp³-hybridized carbons (Fsp3) is 0.250. The van der Waals surface area contributed by atoms with Crippen molar-refractivity contribution in [3.63, 3.8) is 0 Å². The molecular weight excluding hydrogens is 234 g/mol. The molecule has 0 bridgehead atoms. The van der Waals surface area contributed by atoms with E-state index in [4.69, 9.17) is 5.26 Å². The Bertz CT molecular complexity index is 599. The van der Waals surface area contributed by atoms with Crippen molar-refractivity contribution in [3.8, 4) is 6.07 Å². The van der Waals surface area contributed by atoms with E-state index in [2.05, 4.69) is 48.0 Å². The third kappa shape index (κ3) is 3.11. The maximum Gasteiger partial charge on any atom is 0.142 e. The van der Waals surface area contributed by atoms with Crippen LogP contribution in [0.2, 0.25) is 0 Å². The van der Waals surface area contributed by atoms with Gasteiger partial charge in [-0.2, -0.15) is 5.26 Å². The summed E-state index contributed by atoms with van der Waals surface area (Å²) in [6, 6.07) is 16.0. The highest BCUT2D eigenvalue weighted by Crippen LogP contribution is 2.16. The highest BCUT2D eigenvalue weighted by Gasteiger charge is 2.08. The highest BCUT2D eigenvalue weighted by atomic mass is 15.2. The first-order valence-electron chi connectivity index (χ1n) is 6.41. The topological polar surface area (TPSA) is 39.9 Å². The van der Waals surface area contributed by atoms with E-state index in [1.807, 2.05) is 18.2 Å². The van der Waals surface area contributed by atoms with E-state index in [0.717, 1.165) is 18.9 Å². The van der Waals surface area contributed by atoms with Crippen LogP contribution < -0.4 is 4.90 Å². The van der Waals surface area contributed by atoms with Crippen molar-refractivity contribution in [1.82, 2.24) is 4.98 Å². The summed E-state index contributed by atoms with van der Waals surface area (Å²) in [6.45, 7) is 5.88. The first-order valence-corrected chi connectivity index (χ1v) is 6.41. The molecule has 0 amide bonds. The lowest BCUT2D eigenvalue weighted by Gasteiger charge is -2.23. The first-order chi connectivity index (χ1) is 9.24. The number of benzene rings is 1. The predicted molar refractivity (Wildman–Crippen MR) is 76.9 cm³/mol. The van der Waals surface area contributed by atoms with Crippen LogP contribution in [0.15, 0.2) is 42.5 Å². The van der Waals surface area contributed by atoms with E-state index in [9.17, 15) is 0 Å². The lowest BCUT2D eigenvalue weighted by Crippen LogP contribution is -2.23. The van der Waals surface area contributed by atoms with E-state index >= 15 is 0 Å². The van der Waals surface area contributed by atoms with Gasteiger partial charge in [0, 0.05) is 13.1 Å². The molecule has 2 aromatic rings. The summed E-state index contributed by atoms with van der Waals surface area (Å²) in [4.78, 5) is 6.52. The zero-order chi connectivity index (χ0) is 13.7. The lowest BCUT2D eigenvalue weighted by atomic mass is 10.1. The number of anilines is 1. The smallest absolute Gasteiger partial charge is 0.142 e. The van der Waals surface area contributed by atoms with Gasteiger partial charge < -0.3 is 4.90 Å². The molecule has 0 fully saturated rings. The Morgan fingerprint density at radius 1 is 1.16 bits per heavy atom. The molecule has 3 heteroatoms. The number of pyridine rings is 1. The molecule has 0 spiro atoms. The van der Waals surface area contributed by atoms with Crippen molar-refractivity contribution in [2.24, 2.45) is 0 Å². The van der Waals surface area contributed by atoms with Crippen LogP contribution in [-0.2, 0) is 6.54 Å². The molecule has 0 aliphatic rings. The van der Waals surface area contributed by atoms with Crippen LogP contribution >= 0.6 is 0 Å². The van der Waals surface area contributed by atoms with Gasteiger partial charge in [0.1, 0.15) is 17.6 Å². The second-order valence-corrected chi connectivity index (χ2v) is 4.43. The van der Waals surface area contributed by atoms with Crippen LogP contribution in [0.3, 0.4) is 0 Å². The lowest BCUT2D eigenvalue weighted by molar-refractivity contribution is 0.808. The quantitative estimate of drug-likeness (QED) is 0.837. The van der Waals surface area contributed by atoms with Gasteiger partial charge in [0.25, 0.3) is 0 Å². The van der Waals surface area contributed by atoms with Crippen molar-refractivity contribution in [2.75, 3.05) is 11.4 Å². The molecule has 1 aromatic carbocycles. The number of nitriles is 1. The molecule has 96 valence electrons.